The number of hydrogen-bond acceptors (Lipinski definition) is 3. The molecule has 0 amide bonds. The number of nitrogens with one attached hydrogen (secondary N) is 1. The van der Waals surface area contributed by atoms with Crippen molar-refractivity contribution in [1.82, 2.24) is 20.0 Å². The van der Waals surface area contributed by atoms with Crippen LogP contribution in [0.25, 0.3) is 0 Å². The smallest absolute Gasteiger partial charge is 0.194 e. The number of rotatable bonds is 10. The van der Waals surface area contributed by atoms with Gasteiger partial charge in [0.05, 0.1) is 18.8 Å². The van der Waals surface area contributed by atoms with Gasteiger partial charge < -0.3 is 15.0 Å². The Morgan fingerprint density at radius 3 is 2.75 bits per heavy atom. The highest BCUT2D eigenvalue weighted by Gasteiger charge is 2.14. The summed E-state index contributed by atoms with van der Waals surface area (Å²) in [6, 6.07) is 0. The zero-order valence-electron chi connectivity index (χ0n) is 16.3. The Labute approximate surface area is 147 Å². The predicted molar refractivity (Wildman–Crippen MR) is 100 cm³/mol. The van der Waals surface area contributed by atoms with Crippen molar-refractivity contribution in [2.75, 3.05) is 33.4 Å². The van der Waals surface area contributed by atoms with E-state index in [1.165, 1.54) is 5.56 Å². The molecule has 6 heteroatoms. The molecule has 0 saturated carbocycles. The molecule has 0 aliphatic rings. The van der Waals surface area contributed by atoms with E-state index in [2.05, 4.69) is 61.2 Å². The van der Waals surface area contributed by atoms with Gasteiger partial charge in [0.25, 0.3) is 0 Å². The molecule has 0 fully saturated rings. The van der Waals surface area contributed by atoms with Crippen molar-refractivity contribution in [3.63, 3.8) is 0 Å². The van der Waals surface area contributed by atoms with E-state index in [1.807, 2.05) is 11.7 Å². The summed E-state index contributed by atoms with van der Waals surface area (Å²) in [5.74, 6) is 1.33. The topological polar surface area (TPSA) is 54.7 Å². The van der Waals surface area contributed by atoms with Crippen molar-refractivity contribution >= 4 is 5.96 Å². The maximum Gasteiger partial charge on any atom is 0.194 e. The van der Waals surface area contributed by atoms with Crippen LogP contribution in [0.15, 0.2) is 11.2 Å². The number of hydrogen-bond donors (Lipinski definition) is 1. The molecule has 1 aromatic rings. The average Bonchev–Trinajstić information content (AvgIpc) is 2.90. The van der Waals surface area contributed by atoms with E-state index in [9.17, 15) is 0 Å². The van der Waals surface area contributed by atoms with Crippen LogP contribution in [-0.2, 0) is 18.3 Å². The van der Waals surface area contributed by atoms with Crippen LogP contribution in [0.3, 0.4) is 0 Å². The molecule has 1 rings (SSSR count). The molecule has 1 heterocycles. The maximum absolute atomic E-state index is 5.59. The average molecular weight is 338 g/mol. The summed E-state index contributed by atoms with van der Waals surface area (Å²) in [7, 11) is 4.04. The second-order valence-corrected chi connectivity index (χ2v) is 6.43. The summed E-state index contributed by atoms with van der Waals surface area (Å²) in [5, 5.41) is 7.94. The van der Waals surface area contributed by atoms with Crippen LogP contribution in [0.1, 0.15) is 57.7 Å². The predicted octanol–water partition coefficient (Wildman–Crippen LogP) is 2.76. The van der Waals surface area contributed by atoms with Crippen LogP contribution in [0.5, 0.6) is 0 Å². The van der Waals surface area contributed by atoms with Crippen LogP contribution >= 0.6 is 0 Å². The van der Waals surface area contributed by atoms with Crippen LogP contribution in [-0.4, -0.2) is 54.0 Å². The lowest BCUT2D eigenvalue weighted by atomic mass is 10.1. The van der Waals surface area contributed by atoms with E-state index in [-0.39, 0.29) is 0 Å². The first-order chi connectivity index (χ1) is 11.5. The molecule has 1 aromatic heterocycles. The Bertz CT molecular complexity index is 496. The molecule has 0 saturated heterocycles. The summed E-state index contributed by atoms with van der Waals surface area (Å²) in [6.45, 7) is 12.4. The minimum Gasteiger partial charge on any atom is -0.380 e. The molecule has 0 unspecified atom stereocenters. The third-order valence-electron chi connectivity index (χ3n) is 3.73. The van der Waals surface area contributed by atoms with E-state index in [0.717, 1.165) is 44.2 Å². The number of nitrogens with zero attached hydrogens (tertiary/aromatic N) is 4. The van der Waals surface area contributed by atoms with E-state index >= 15 is 0 Å². The number of ether oxygens (including phenoxy) is 1. The number of aliphatic imine (C=N–C) groups is 1. The molecule has 138 valence electrons. The molecule has 0 aliphatic carbocycles. The lowest BCUT2D eigenvalue weighted by molar-refractivity contribution is 0.138. The van der Waals surface area contributed by atoms with Gasteiger partial charge in [-0.2, -0.15) is 5.10 Å². The van der Waals surface area contributed by atoms with Crippen LogP contribution in [0.4, 0.5) is 0 Å². The largest absolute Gasteiger partial charge is 0.380 e. The second kappa shape index (κ2) is 11.1. The molecule has 0 spiro atoms. The van der Waals surface area contributed by atoms with E-state index < -0.39 is 0 Å². The Balaban J connectivity index is 2.64. The van der Waals surface area contributed by atoms with Crippen molar-refractivity contribution in [1.29, 1.82) is 0 Å². The fraction of sp³-hybridized carbons (Fsp3) is 0.778. The molecule has 0 aliphatic heterocycles. The second-order valence-electron chi connectivity index (χ2n) is 6.43. The molecule has 1 N–H and O–H groups in total. The fourth-order valence-electron chi connectivity index (χ4n) is 2.53. The Morgan fingerprint density at radius 1 is 1.38 bits per heavy atom. The zero-order chi connectivity index (χ0) is 17.9. The van der Waals surface area contributed by atoms with Gasteiger partial charge in [-0.05, 0) is 19.3 Å². The molecule has 6 nitrogen and oxygen atoms in total. The minimum absolute atomic E-state index is 0.418. The van der Waals surface area contributed by atoms with Crippen molar-refractivity contribution in [3.8, 4) is 0 Å². The highest BCUT2D eigenvalue weighted by atomic mass is 16.5. The van der Waals surface area contributed by atoms with Crippen LogP contribution < -0.4 is 5.32 Å². The standard InChI is InChI=1S/C18H35N5O/c1-7-9-11-24-12-10-20-18(19-8-2)22(5)13-16-14-23(6)21-17(16)15(3)4/h14-15H,7-13H2,1-6H3,(H,19,20). The Morgan fingerprint density at radius 2 is 2.12 bits per heavy atom. The third kappa shape index (κ3) is 6.91. The van der Waals surface area contributed by atoms with Gasteiger partial charge in [0.15, 0.2) is 5.96 Å². The van der Waals surface area contributed by atoms with Gasteiger partial charge in [-0.25, -0.2) is 0 Å². The monoisotopic (exact) mass is 337 g/mol. The normalized spacial score (nSPS) is 12.0. The van der Waals surface area contributed by atoms with Gasteiger partial charge in [0.1, 0.15) is 0 Å². The van der Waals surface area contributed by atoms with Gasteiger partial charge in [0.2, 0.25) is 0 Å². The summed E-state index contributed by atoms with van der Waals surface area (Å²) < 4.78 is 7.48. The zero-order valence-corrected chi connectivity index (χ0v) is 16.3. The van der Waals surface area contributed by atoms with Crippen molar-refractivity contribution < 1.29 is 4.74 Å². The van der Waals surface area contributed by atoms with E-state index in [4.69, 9.17) is 4.74 Å². The molecule has 0 radical (unpaired) electrons. The summed E-state index contributed by atoms with van der Waals surface area (Å²) >= 11 is 0. The molecule has 0 bridgehead atoms. The SMILES string of the molecule is CCCCOCCN=C(NCC)N(C)Cc1cn(C)nc1C(C)C. The molecule has 0 atom stereocenters. The molecule has 0 aromatic carbocycles. The third-order valence-corrected chi connectivity index (χ3v) is 3.73. The van der Waals surface area contributed by atoms with Gasteiger partial charge in [-0.3, -0.25) is 9.67 Å². The quantitative estimate of drug-likeness (QED) is 0.405. The first-order valence-electron chi connectivity index (χ1n) is 9.09. The van der Waals surface area contributed by atoms with Crippen LogP contribution in [0.2, 0.25) is 0 Å². The fourth-order valence-corrected chi connectivity index (χ4v) is 2.53. The number of aryl methyl sites for hydroxylation is 1. The molecule has 24 heavy (non-hydrogen) atoms. The van der Waals surface area contributed by atoms with Gasteiger partial charge >= 0.3 is 0 Å². The Kier molecular flexibility index (Phi) is 9.45. The molecular weight excluding hydrogens is 302 g/mol. The lowest BCUT2D eigenvalue weighted by Gasteiger charge is -2.22. The van der Waals surface area contributed by atoms with E-state index in [1.54, 1.807) is 0 Å². The van der Waals surface area contributed by atoms with Crippen molar-refractivity contribution in [2.24, 2.45) is 12.0 Å². The highest BCUT2D eigenvalue weighted by molar-refractivity contribution is 5.79. The number of unbranched alkanes of at least 4 members (excludes halogenated alkanes) is 1. The summed E-state index contributed by atoms with van der Waals surface area (Å²) in [6.07, 6.45) is 4.38. The van der Waals surface area contributed by atoms with Gasteiger partial charge in [-0.15, -0.1) is 0 Å². The van der Waals surface area contributed by atoms with Gasteiger partial charge in [-0.1, -0.05) is 27.2 Å². The first-order valence-corrected chi connectivity index (χ1v) is 9.09. The van der Waals surface area contributed by atoms with Crippen molar-refractivity contribution in [2.45, 2.75) is 53.0 Å². The minimum atomic E-state index is 0.418. The summed E-state index contributed by atoms with van der Waals surface area (Å²) in [5.41, 5.74) is 2.41. The molecular formula is C18H35N5O. The number of guanidine groups is 1. The Hall–Kier alpha value is -1.56. The van der Waals surface area contributed by atoms with E-state index in [0.29, 0.717) is 19.1 Å². The summed E-state index contributed by atoms with van der Waals surface area (Å²) in [4.78, 5) is 6.82. The van der Waals surface area contributed by atoms with Crippen LogP contribution in [0, 0.1) is 0 Å². The van der Waals surface area contributed by atoms with Crippen molar-refractivity contribution in [3.05, 3.63) is 17.5 Å². The highest BCUT2D eigenvalue weighted by Crippen LogP contribution is 2.18. The van der Waals surface area contributed by atoms with Gasteiger partial charge in [0, 0.05) is 45.6 Å². The first kappa shape index (κ1) is 20.5. The maximum atomic E-state index is 5.59. The lowest BCUT2D eigenvalue weighted by Crippen LogP contribution is -2.38. The number of aromatic nitrogens is 2.